The molecule has 0 radical (unpaired) electrons. The van der Waals surface area contributed by atoms with Gasteiger partial charge in [0.1, 0.15) is 0 Å². The Morgan fingerprint density at radius 3 is 2.52 bits per heavy atom. The highest BCUT2D eigenvalue weighted by atomic mass is 35.5. The predicted octanol–water partition coefficient (Wildman–Crippen LogP) is 1.97. The number of rotatable bonds is 5. The number of carbonyl (C=O) groups is 1. The summed E-state index contributed by atoms with van der Waals surface area (Å²) in [4.78, 5) is 12.9. The zero-order chi connectivity index (χ0) is 20.4. The monoisotopic (exact) mass is 439 g/mol. The fourth-order valence-electron chi connectivity index (χ4n) is 4.84. The van der Waals surface area contributed by atoms with E-state index in [1.54, 1.807) is 24.3 Å². The molecular formula is C21H30ClN3O3S. The molecule has 6 nitrogen and oxygen atoms in total. The summed E-state index contributed by atoms with van der Waals surface area (Å²) in [6.45, 7) is 2.39. The number of hydrogen-bond donors (Lipinski definition) is 3. The number of benzene rings is 1. The van der Waals surface area contributed by atoms with Gasteiger partial charge in [0.2, 0.25) is 5.91 Å². The molecule has 2 heterocycles. The van der Waals surface area contributed by atoms with E-state index in [0.717, 1.165) is 44.3 Å². The van der Waals surface area contributed by atoms with Gasteiger partial charge in [0, 0.05) is 18.0 Å². The van der Waals surface area contributed by atoms with E-state index in [2.05, 4.69) is 16.0 Å². The quantitative estimate of drug-likeness (QED) is 0.610. The smallest absolute Gasteiger partial charge is 0.237 e. The van der Waals surface area contributed by atoms with Crippen molar-refractivity contribution in [3.05, 3.63) is 29.8 Å². The molecule has 3 fully saturated rings. The minimum Gasteiger partial charge on any atom is -0.351 e. The van der Waals surface area contributed by atoms with Crippen LogP contribution in [0.3, 0.4) is 0 Å². The van der Waals surface area contributed by atoms with Gasteiger partial charge in [0.25, 0.3) is 0 Å². The van der Waals surface area contributed by atoms with Crippen LogP contribution in [0.5, 0.6) is 0 Å². The van der Waals surface area contributed by atoms with Crippen LogP contribution in [0, 0.1) is 5.92 Å². The summed E-state index contributed by atoms with van der Waals surface area (Å²) in [5, 5.41) is 9.60. The Labute approximate surface area is 178 Å². The number of sulfone groups is 1. The number of carbonyl (C=O) groups excluding carboxylic acids is 1. The average Bonchev–Trinajstić information content (AvgIpc) is 3.17. The first-order valence-electron chi connectivity index (χ1n) is 10.6. The summed E-state index contributed by atoms with van der Waals surface area (Å²) >= 11 is 6.10. The van der Waals surface area contributed by atoms with E-state index in [1.807, 2.05) is 0 Å². The van der Waals surface area contributed by atoms with Crippen molar-refractivity contribution in [1.29, 1.82) is 0 Å². The van der Waals surface area contributed by atoms with Crippen LogP contribution in [0.2, 0.25) is 0 Å². The van der Waals surface area contributed by atoms with Crippen molar-refractivity contribution in [2.45, 2.75) is 72.7 Å². The molecule has 0 aromatic heterocycles. The average molecular weight is 440 g/mol. The van der Waals surface area contributed by atoms with Crippen molar-refractivity contribution in [1.82, 2.24) is 16.0 Å². The predicted molar refractivity (Wildman–Crippen MR) is 114 cm³/mol. The number of alkyl halides is 1. The molecule has 3 N–H and O–H groups in total. The van der Waals surface area contributed by atoms with E-state index < -0.39 is 9.84 Å². The highest BCUT2D eigenvalue weighted by Gasteiger charge is 2.38. The molecule has 2 aliphatic heterocycles. The highest BCUT2D eigenvalue weighted by molar-refractivity contribution is 7.92. The van der Waals surface area contributed by atoms with E-state index in [0.29, 0.717) is 36.2 Å². The molecule has 3 aliphatic rings. The van der Waals surface area contributed by atoms with Gasteiger partial charge in [-0.15, -0.1) is 11.6 Å². The summed E-state index contributed by atoms with van der Waals surface area (Å²) < 4.78 is 25.7. The lowest BCUT2D eigenvalue weighted by atomic mass is 9.94. The number of hydrogen-bond acceptors (Lipinski definition) is 5. The van der Waals surface area contributed by atoms with Crippen molar-refractivity contribution in [3.63, 3.8) is 0 Å². The molecule has 29 heavy (non-hydrogen) atoms. The topological polar surface area (TPSA) is 87.3 Å². The van der Waals surface area contributed by atoms with Gasteiger partial charge in [-0.1, -0.05) is 12.1 Å². The maximum atomic E-state index is 12.8. The molecule has 3 unspecified atom stereocenters. The third kappa shape index (κ3) is 4.79. The number of fused-ring (bicyclic) bond motifs is 1. The lowest BCUT2D eigenvalue weighted by Gasteiger charge is -2.25. The largest absolute Gasteiger partial charge is 0.351 e. The van der Waals surface area contributed by atoms with Crippen molar-refractivity contribution >= 4 is 27.3 Å². The van der Waals surface area contributed by atoms with E-state index in [4.69, 9.17) is 11.6 Å². The Morgan fingerprint density at radius 1 is 1.10 bits per heavy atom. The van der Waals surface area contributed by atoms with E-state index >= 15 is 0 Å². The number of amides is 1. The lowest BCUT2D eigenvalue weighted by molar-refractivity contribution is -0.123. The number of nitrogens with one attached hydrogen (secondary N) is 3. The molecule has 0 spiro atoms. The Morgan fingerprint density at radius 2 is 1.83 bits per heavy atom. The molecule has 160 valence electrons. The first-order chi connectivity index (χ1) is 13.9. The first-order valence-corrected chi connectivity index (χ1v) is 12.6. The van der Waals surface area contributed by atoms with Crippen LogP contribution in [0.4, 0.5) is 0 Å². The second-order valence-electron chi connectivity index (χ2n) is 8.60. The Hall–Kier alpha value is -1.15. The van der Waals surface area contributed by atoms with Gasteiger partial charge in [0.15, 0.2) is 9.84 Å². The molecule has 4 rings (SSSR count). The van der Waals surface area contributed by atoms with E-state index in [9.17, 15) is 13.2 Å². The zero-order valence-corrected chi connectivity index (χ0v) is 18.1. The zero-order valence-electron chi connectivity index (χ0n) is 16.6. The fraction of sp³-hybridized carbons (Fsp3) is 0.667. The van der Waals surface area contributed by atoms with Crippen LogP contribution in [-0.4, -0.2) is 50.1 Å². The summed E-state index contributed by atoms with van der Waals surface area (Å²) in [5.74, 6) is 0.548. The number of piperidine rings is 1. The molecule has 2 saturated heterocycles. The summed E-state index contributed by atoms with van der Waals surface area (Å²) in [7, 11) is -3.32. The molecular weight excluding hydrogens is 410 g/mol. The van der Waals surface area contributed by atoms with Gasteiger partial charge in [-0.05, 0) is 75.2 Å². The maximum Gasteiger partial charge on any atom is 0.237 e. The Kier molecular flexibility index (Phi) is 6.49. The minimum absolute atomic E-state index is 0.0222. The molecule has 1 amide bonds. The molecule has 1 saturated carbocycles. The van der Waals surface area contributed by atoms with Crippen molar-refractivity contribution in [2.75, 3.05) is 13.1 Å². The molecule has 1 aromatic rings. The van der Waals surface area contributed by atoms with Gasteiger partial charge < -0.3 is 16.0 Å². The van der Waals surface area contributed by atoms with E-state index in [1.165, 1.54) is 0 Å². The second-order valence-corrected chi connectivity index (χ2v) is 11.4. The summed E-state index contributed by atoms with van der Waals surface area (Å²) in [5.41, 5.74) is 0.902. The molecule has 1 aliphatic carbocycles. The van der Waals surface area contributed by atoms with E-state index in [-0.39, 0.29) is 22.6 Å². The third-order valence-corrected chi connectivity index (χ3v) is 9.35. The third-order valence-electron chi connectivity index (χ3n) is 6.64. The van der Waals surface area contributed by atoms with Crippen molar-refractivity contribution in [2.24, 2.45) is 5.92 Å². The lowest BCUT2D eigenvalue weighted by Crippen LogP contribution is -2.45. The fourth-order valence-corrected chi connectivity index (χ4v) is 6.88. The minimum atomic E-state index is -3.32. The highest BCUT2D eigenvalue weighted by Crippen LogP contribution is 2.31. The van der Waals surface area contributed by atoms with Crippen LogP contribution in [0.1, 0.15) is 44.1 Å². The SMILES string of the molecule is O=C(NCc1ccc(S(=O)(=O)C2CCC(Cl)CC2)cc1)C1CC2CNCCC2N1. The summed E-state index contributed by atoms with van der Waals surface area (Å²) in [6, 6.07) is 7.22. The molecule has 0 bridgehead atoms. The van der Waals surface area contributed by atoms with Crippen LogP contribution >= 0.6 is 11.6 Å². The van der Waals surface area contributed by atoms with Crippen molar-refractivity contribution < 1.29 is 13.2 Å². The first kappa shape index (κ1) is 21.1. The van der Waals surface area contributed by atoms with Gasteiger partial charge in [-0.25, -0.2) is 8.42 Å². The van der Waals surface area contributed by atoms with Crippen LogP contribution in [0.25, 0.3) is 0 Å². The van der Waals surface area contributed by atoms with Gasteiger partial charge in [-0.2, -0.15) is 0 Å². The van der Waals surface area contributed by atoms with Gasteiger partial charge in [0.05, 0.1) is 16.2 Å². The summed E-state index contributed by atoms with van der Waals surface area (Å²) in [6.07, 6.45) is 4.69. The van der Waals surface area contributed by atoms with Gasteiger partial charge in [-0.3, -0.25) is 4.79 Å². The molecule has 1 aromatic carbocycles. The number of halogens is 1. The Balaban J connectivity index is 1.31. The standard InChI is InChI=1S/C21H30ClN3O3S/c22-16-3-7-18(8-4-16)29(27,28)17-5-1-14(2-6-17)12-24-21(26)20-11-15-13-23-10-9-19(15)25-20/h1-2,5-6,15-16,18-20,23,25H,3-4,7-13H2,(H,24,26). The second kappa shape index (κ2) is 8.92. The molecule has 8 heteroatoms. The van der Waals surface area contributed by atoms with Gasteiger partial charge >= 0.3 is 0 Å². The maximum absolute atomic E-state index is 12.8. The van der Waals surface area contributed by atoms with Crippen LogP contribution in [-0.2, 0) is 21.2 Å². The van der Waals surface area contributed by atoms with Crippen LogP contribution < -0.4 is 16.0 Å². The normalized spacial score (nSPS) is 32.5. The van der Waals surface area contributed by atoms with Crippen LogP contribution in [0.15, 0.2) is 29.2 Å². The van der Waals surface area contributed by atoms with Crippen molar-refractivity contribution in [3.8, 4) is 0 Å². The Bertz CT molecular complexity index is 808. The molecule has 3 atom stereocenters.